The Morgan fingerprint density at radius 2 is 1.87 bits per heavy atom. The van der Waals surface area contributed by atoms with E-state index in [9.17, 15) is 0 Å². The number of hydrogen-bond acceptors (Lipinski definition) is 7. The molecule has 1 saturated heterocycles. The van der Waals surface area contributed by atoms with E-state index in [2.05, 4.69) is 15.3 Å². The number of nitrogens with zero attached hydrogens (tertiary/aromatic N) is 3. The molecule has 158 valence electrons. The van der Waals surface area contributed by atoms with Crippen LogP contribution in [0.5, 0.6) is 11.5 Å². The highest BCUT2D eigenvalue weighted by molar-refractivity contribution is 6.41. The van der Waals surface area contributed by atoms with Crippen LogP contribution in [-0.4, -0.2) is 48.4 Å². The SMILES string of the molecule is COc1cc(OC)c(Cl)c(-c2nc(NCC3CCCO3)c3cc(C)ncc3n2)c1Cl. The third-order valence-corrected chi connectivity index (χ3v) is 5.79. The van der Waals surface area contributed by atoms with Crippen molar-refractivity contribution in [2.75, 3.05) is 32.7 Å². The van der Waals surface area contributed by atoms with E-state index in [0.29, 0.717) is 50.8 Å². The van der Waals surface area contributed by atoms with Crippen LogP contribution in [0.1, 0.15) is 18.5 Å². The summed E-state index contributed by atoms with van der Waals surface area (Å²) in [6.07, 6.45) is 3.96. The van der Waals surface area contributed by atoms with Gasteiger partial charge in [0.05, 0.1) is 47.6 Å². The summed E-state index contributed by atoms with van der Waals surface area (Å²) in [6.45, 7) is 3.37. The molecule has 1 N–H and O–H groups in total. The number of methoxy groups -OCH3 is 2. The van der Waals surface area contributed by atoms with Crippen molar-refractivity contribution in [1.29, 1.82) is 0 Å². The predicted molar refractivity (Wildman–Crippen MR) is 118 cm³/mol. The van der Waals surface area contributed by atoms with Gasteiger partial charge in [0.1, 0.15) is 17.3 Å². The monoisotopic (exact) mass is 448 g/mol. The Balaban J connectivity index is 1.86. The number of nitrogens with one attached hydrogen (secondary N) is 1. The number of rotatable bonds is 6. The maximum absolute atomic E-state index is 6.59. The van der Waals surface area contributed by atoms with Gasteiger partial charge in [-0.05, 0) is 25.8 Å². The summed E-state index contributed by atoms with van der Waals surface area (Å²) in [6, 6.07) is 3.59. The van der Waals surface area contributed by atoms with E-state index in [0.717, 1.165) is 30.5 Å². The van der Waals surface area contributed by atoms with Crippen LogP contribution in [0.15, 0.2) is 18.3 Å². The van der Waals surface area contributed by atoms with Gasteiger partial charge in [0.25, 0.3) is 0 Å². The Morgan fingerprint density at radius 1 is 1.13 bits per heavy atom. The zero-order valence-electron chi connectivity index (χ0n) is 17.0. The van der Waals surface area contributed by atoms with Crippen LogP contribution >= 0.6 is 23.2 Å². The fourth-order valence-electron chi connectivity index (χ4n) is 3.48. The van der Waals surface area contributed by atoms with Gasteiger partial charge in [0.15, 0.2) is 5.82 Å². The minimum Gasteiger partial charge on any atom is -0.495 e. The lowest BCUT2D eigenvalue weighted by atomic mass is 10.1. The molecule has 1 atom stereocenters. The average molecular weight is 449 g/mol. The number of anilines is 1. The maximum Gasteiger partial charge on any atom is 0.165 e. The maximum atomic E-state index is 6.59. The molecule has 1 fully saturated rings. The Morgan fingerprint density at radius 3 is 2.50 bits per heavy atom. The molecule has 3 heterocycles. The van der Waals surface area contributed by atoms with Crippen molar-refractivity contribution in [3.63, 3.8) is 0 Å². The molecule has 0 saturated carbocycles. The number of pyridine rings is 1. The van der Waals surface area contributed by atoms with E-state index in [1.165, 1.54) is 14.2 Å². The van der Waals surface area contributed by atoms with E-state index < -0.39 is 0 Å². The normalized spacial score (nSPS) is 16.1. The molecular formula is C21H22Cl2N4O3. The lowest BCUT2D eigenvalue weighted by molar-refractivity contribution is 0.120. The second kappa shape index (κ2) is 8.79. The fraction of sp³-hybridized carbons (Fsp3) is 0.381. The zero-order valence-corrected chi connectivity index (χ0v) is 18.5. The topological polar surface area (TPSA) is 78.4 Å². The number of ether oxygens (including phenoxy) is 3. The molecule has 3 aromatic rings. The molecule has 1 aliphatic heterocycles. The first-order valence-corrected chi connectivity index (χ1v) is 10.4. The highest BCUT2D eigenvalue weighted by atomic mass is 35.5. The number of fused-ring (bicyclic) bond motifs is 1. The zero-order chi connectivity index (χ0) is 21.3. The minimum atomic E-state index is 0.158. The third kappa shape index (κ3) is 3.97. The minimum absolute atomic E-state index is 0.158. The van der Waals surface area contributed by atoms with E-state index in [1.807, 2.05) is 13.0 Å². The summed E-state index contributed by atoms with van der Waals surface area (Å²) in [4.78, 5) is 13.8. The molecule has 2 aromatic heterocycles. The lowest BCUT2D eigenvalue weighted by Gasteiger charge is -2.17. The smallest absolute Gasteiger partial charge is 0.165 e. The predicted octanol–water partition coefficient (Wildman–Crippen LogP) is 4.92. The fourth-order valence-corrected chi connectivity index (χ4v) is 4.15. The van der Waals surface area contributed by atoms with Gasteiger partial charge < -0.3 is 19.5 Å². The number of hydrogen-bond donors (Lipinski definition) is 1. The van der Waals surface area contributed by atoms with E-state index in [4.69, 9.17) is 42.4 Å². The summed E-state index contributed by atoms with van der Waals surface area (Å²) in [5, 5.41) is 4.90. The van der Waals surface area contributed by atoms with Crippen molar-refractivity contribution >= 4 is 39.9 Å². The molecule has 0 spiro atoms. The van der Waals surface area contributed by atoms with Crippen molar-refractivity contribution < 1.29 is 14.2 Å². The molecule has 30 heavy (non-hydrogen) atoms. The molecule has 0 radical (unpaired) electrons. The summed E-state index contributed by atoms with van der Waals surface area (Å²) in [5.41, 5.74) is 1.99. The van der Waals surface area contributed by atoms with Gasteiger partial charge in [0.2, 0.25) is 0 Å². The Hall–Kier alpha value is -2.35. The van der Waals surface area contributed by atoms with E-state index in [1.54, 1.807) is 12.3 Å². The average Bonchev–Trinajstić information content (AvgIpc) is 3.26. The molecule has 0 aliphatic carbocycles. The summed E-state index contributed by atoms with van der Waals surface area (Å²) >= 11 is 13.2. The molecule has 4 rings (SSSR count). The Bertz CT molecular complexity index is 1060. The van der Waals surface area contributed by atoms with Gasteiger partial charge in [-0.15, -0.1) is 0 Å². The van der Waals surface area contributed by atoms with Crippen LogP contribution in [0.4, 0.5) is 5.82 Å². The summed E-state index contributed by atoms with van der Waals surface area (Å²) < 4.78 is 16.5. The van der Waals surface area contributed by atoms with E-state index in [-0.39, 0.29) is 6.10 Å². The van der Waals surface area contributed by atoms with Crippen molar-refractivity contribution in [3.05, 3.63) is 34.1 Å². The van der Waals surface area contributed by atoms with Crippen molar-refractivity contribution in [2.45, 2.75) is 25.9 Å². The van der Waals surface area contributed by atoms with Gasteiger partial charge in [0, 0.05) is 30.3 Å². The quantitative estimate of drug-likeness (QED) is 0.573. The van der Waals surface area contributed by atoms with Crippen molar-refractivity contribution in [3.8, 4) is 22.9 Å². The van der Waals surface area contributed by atoms with Crippen LogP contribution in [0, 0.1) is 6.92 Å². The van der Waals surface area contributed by atoms with Crippen LogP contribution in [0.25, 0.3) is 22.3 Å². The third-order valence-electron chi connectivity index (χ3n) is 5.04. The molecule has 1 aromatic carbocycles. The summed E-state index contributed by atoms with van der Waals surface area (Å²) in [5.74, 6) is 1.88. The van der Waals surface area contributed by atoms with Crippen molar-refractivity contribution in [1.82, 2.24) is 15.0 Å². The van der Waals surface area contributed by atoms with Gasteiger partial charge in [-0.1, -0.05) is 23.2 Å². The molecule has 1 aliphatic rings. The van der Waals surface area contributed by atoms with Crippen LogP contribution < -0.4 is 14.8 Å². The molecule has 7 nitrogen and oxygen atoms in total. The second-order valence-corrected chi connectivity index (χ2v) is 7.79. The van der Waals surface area contributed by atoms with Gasteiger partial charge in [-0.2, -0.15) is 0 Å². The van der Waals surface area contributed by atoms with Crippen LogP contribution in [-0.2, 0) is 4.74 Å². The van der Waals surface area contributed by atoms with Crippen LogP contribution in [0.3, 0.4) is 0 Å². The molecule has 0 amide bonds. The number of benzene rings is 1. The first-order chi connectivity index (χ1) is 14.5. The summed E-state index contributed by atoms with van der Waals surface area (Å²) in [7, 11) is 3.06. The molecule has 0 bridgehead atoms. The highest BCUT2D eigenvalue weighted by Crippen LogP contribution is 2.45. The van der Waals surface area contributed by atoms with Gasteiger partial charge in [-0.25, -0.2) is 9.97 Å². The molecule has 9 heteroatoms. The standard InChI is InChI=1S/C21H22Cl2N4O3/c1-11-7-13-14(10-24-11)26-21(27-20(13)25-9-12-5-4-6-30-12)17-18(22)15(28-2)8-16(29-3)19(17)23/h7-8,10,12H,4-6,9H2,1-3H3,(H,25,26,27). The molecular weight excluding hydrogens is 427 g/mol. The first kappa shape index (κ1) is 20.9. The number of halogens is 2. The number of aryl methyl sites for hydroxylation is 1. The second-order valence-electron chi connectivity index (χ2n) is 7.04. The van der Waals surface area contributed by atoms with Gasteiger partial charge >= 0.3 is 0 Å². The highest BCUT2D eigenvalue weighted by Gasteiger charge is 2.23. The molecule has 1 unspecified atom stereocenters. The first-order valence-electron chi connectivity index (χ1n) is 9.62. The number of aromatic nitrogens is 3. The van der Waals surface area contributed by atoms with Gasteiger partial charge in [-0.3, -0.25) is 4.98 Å². The lowest BCUT2D eigenvalue weighted by Crippen LogP contribution is -2.19. The van der Waals surface area contributed by atoms with Crippen molar-refractivity contribution in [2.24, 2.45) is 0 Å². The van der Waals surface area contributed by atoms with E-state index >= 15 is 0 Å². The largest absolute Gasteiger partial charge is 0.495 e. The van der Waals surface area contributed by atoms with Crippen LogP contribution in [0.2, 0.25) is 10.0 Å². The Kier molecular flexibility index (Phi) is 6.13. The Labute approximate surface area is 184 Å².